The first-order chi connectivity index (χ1) is 17.1. The van der Waals surface area contributed by atoms with Crippen LogP contribution in [0.5, 0.6) is 0 Å². The van der Waals surface area contributed by atoms with Gasteiger partial charge in [-0.2, -0.15) is 0 Å². The van der Waals surface area contributed by atoms with Gasteiger partial charge >= 0.3 is 0 Å². The Bertz CT molecular complexity index is 2190. The van der Waals surface area contributed by atoms with Crippen LogP contribution >= 0.6 is 0 Å². The first-order valence-corrected chi connectivity index (χ1v) is 12.3. The zero-order valence-corrected chi connectivity index (χ0v) is 19.5. The van der Waals surface area contributed by atoms with Crippen molar-refractivity contribution in [3.63, 3.8) is 0 Å². The van der Waals surface area contributed by atoms with Gasteiger partial charge in [0.1, 0.15) is 11.2 Å². The van der Waals surface area contributed by atoms with Crippen molar-refractivity contribution in [3.05, 3.63) is 102 Å². The molecule has 3 heterocycles. The molecule has 1 aliphatic rings. The van der Waals surface area contributed by atoms with Crippen molar-refractivity contribution in [1.29, 1.82) is 0 Å². The summed E-state index contributed by atoms with van der Waals surface area (Å²) in [6.45, 7) is 4.75. The second-order valence-corrected chi connectivity index (χ2v) is 10.5. The third kappa shape index (κ3) is 1.89. The fraction of sp³-hybridized carbons (Fsp3) is 0.0909. The quantitative estimate of drug-likeness (QED) is 0.227. The molecule has 0 radical (unpaired) electrons. The van der Waals surface area contributed by atoms with Gasteiger partial charge in [-0.3, -0.25) is 0 Å². The van der Waals surface area contributed by atoms with Gasteiger partial charge in [-0.05, 0) is 52.6 Å². The van der Waals surface area contributed by atoms with Crippen molar-refractivity contribution in [2.45, 2.75) is 19.3 Å². The normalized spacial score (nSPS) is 14.8. The van der Waals surface area contributed by atoms with Crippen LogP contribution < -0.4 is 0 Å². The Hall–Kier alpha value is -4.30. The van der Waals surface area contributed by atoms with Crippen LogP contribution in [-0.2, 0) is 5.41 Å². The predicted molar refractivity (Wildman–Crippen MR) is 146 cm³/mol. The number of aromatic nitrogens is 1. The molecule has 0 fully saturated rings. The van der Waals surface area contributed by atoms with E-state index in [4.69, 9.17) is 4.42 Å². The van der Waals surface area contributed by atoms with Gasteiger partial charge in [0.25, 0.3) is 0 Å². The average Bonchev–Trinajstić information content (AvgIpc) is 3.58. The molecule has 0 N–H and O–H groups in total. The van der Waals surface area contributed by atoms with E-state index in [-0.39, 0.29) is 5.41 Å². The molecule has 0 unspecified atom stereocenters. The lowest BCUT2D eigenvalue weighted by molar-refractivity contribution is 0.661. The largest absolute Gasteiger partial charge is 0.456 e. The fourth-order valence-electron chi connectivity index (χ4n) is 7.04. The summed E-state index contributed by atoms with van der Waals surface area (Å²) in [6.07, 6.45) is 0. The lowest BCUT2D eigenvalue weighted by Crippen LogP contribution is -2.14. The third-order valence-corrected chi connectivity index (χ3v) is 8.51. The minimum Gasteiger partial charge on any atom is -0.456 e. The van der Waals surface area contributed by atoms with E-state index < -0.39 is 0 Å². The number of nitrogens with zero attached hydrogens (tertiary/aromatic N) is 1. The second-order valence-electron chi connectivity index (χ2n) is 10.5. The minimum atomic E-state index is -0.0606. The Kier molecular flexibility index (Phi) is 2.93. The van der Waals surface area contributed by atoms with Crippen LogP contribution in [0.15, 0.2) is 95.4 Å². The van der Waals surface area contributed by atoms with Crippen LogP contribution in [-0.4, -0.2) is 4.40 Å². The summed E-state index contributed by atoms with van der Waals surface area (Å²) < 4.78 is 8.80. The molecular formula is C33H21NO. The minimum absolute atomic E-state index is 0.0606. The summed E-state index contributed by atoms with van der Waals surface area (Å²) in [5.74, 6) is 0. The summed E-state index contributed by atoms with van der Waals surface area (Å²) in [5, 5.41) is 7.74. The smallest absolute Gasteiger partial charge is 0.136 e. The van der Waals surface area contributed by atoms with E-state index in [0.717, 1.165) is 11.2 Å². The van der Waals surface area contributed by atoms with Gasteiger partial charge in [0, 0.05) is 37.7 Å². The number of hydrogen-bond acceptors (Lipinski definition) is 1. The summed E-state index contributed by atoms with van der Waals surface area (Å²) in [7, 11) is 0. The van der Waals surface area contributed by atoms with Crippen LogP contribution in [0.25, 0.3) is 71.2 Å². The lowest BCUT2D eigenvalue weighted by atomic mass is 9.81. The molecular weight excluding hydrogens is 426 g/mol. The zero-order chi connectivity index (χ0) is 23.1. The van der Waals surface area contributed by atoms with Crippen molar-refractivity contribution in [3.8, 4) is 11.1 Å². The maximum atomic E-state index is 6.31. The molecule has 0 amide bonds. The lowest BCUT2D eigenvalue weighted by Gasteiger charge is -2.21. The molecule has 5 aromatic carbocycles. The van der Waals surface area contributed by atoms with Gasteiger partial charge in [-0.25, -0.2) is 0 Å². The van der Waals surface area contributed by atoms with Gasteiger partial charge in [0.2, 0.25) is 0 Å². The predicted octanol–water partition coefficient (Wildman–Crippen LogP) is 9.04. The highest BCUT2D eigenvalue weighted by molar-refractivity contribution is 6.34. The van der Waals surface area contributed by atoms with Crippen LogP contribution in [0.3, 0.4) is 0 Å². The summed E-state index contributed by atoms with van der Waals surface area (Å²) >= 11 is 0. The SMILES string of the molecule is CC1(C)c2ccccc2-c2c1cc1c3c4c(ccc3n3c5ccccc5c2c13)oc1ccccc14. The molecule has 0 atom stereocenters. The van der Waals surface area contributed by atoms with E-state index >= 15 is 0 Å². The Morgan fingerprint density at radius 1 is 0.600 bits per heavy atom. The Labute approximate surface area is 201 Å². The van der Waals surface area contributed by atoms with Crippen molar-refractivity contribution < 1.29 is 4.42 Å². The van der Waals surface area contributed by atoms with Crippen LogP contribution in [0.4, 0.5) is 0 Å². The van der Waals surface area contributed by atoms with E-state index in [2.05, 4.69) is 109 Å². The van der Waals surface area contributed by atoms with Gasteiger partial charge in [-0.15, -0.1) is 0 Å². The Morgan fingerprint density at radius 3 is 2.29 bits per heavy atom. The second kappa shape index (κ2) is 5.67. The summed E-state index contributed by atoms with van der Waals surface area (Å²) in [4.78, 5) is 0. The molecule has 0 saturated carbocycles. The van der Waals surface area contributed by atoms with Crippen LogP contribution in [0.2, 0.25) is 0 Å². The molecule has 0 bridgehead atoms. The summed E-state index contributed by atoms with van der Waals surface area (Å²) in [6, 6.07) is 33.2. The zero-order valence-electron chi connectivity index (χ0n) is 19.5. The van der Waals surface area contributed by atoms with Crippen LogP contribution in [0, 0.1) is 0 Å². The molecule has 1 aliphatic carbocycles. The highest BCUT2D eigenvalue weighted by atomic mass is 16.3. The Balaban J connectivity index is 1.65. The number of furan rings is 1. The highest BCUT2D eigenvalue weighted by Crippen LogP contribution is 2.56. The molecule has 8 aromatic rings. The third-order valence-electron chi connectivity index (χ3n) is 8.51. The highest BCUT2D eigenvalue weighted by Gasteiger charge is 2.38. The molecule has 2 heteroatoms. The number of fused-ring (bicyclic) bond motifs is 14. The van der Waals surface area contributed by atoms with Gasteiger partial charge in [0.15, 0.2) is 0 Å². The van der Waals surface area contributed by atoms with Crippen molar-refractivity contribution in [1.82, 2.24) is 4.40 Å². The molecule has 3 aromatic heterocycles. The number of benzene rings is 5. The molecule has 0 spiro atoms. The van der Waals surface area contributed by atoms with Gasteiger partial charge < -0.3 is 8.82 Å². The number of para-hydroxylation sites is 2. The van der Waals surface area contributed by atoms with Gasteiger partial charge in [-0.1, -0.05) is 74.5 Å². The van der Waals surface area contributed by atoms with E-state index in [9.17, 15) is 0 Å². The van der Waals surface area contributed by atoms with E-state index in [0.29, 0.717) is 0 Å². The topological polar surface area (TPSA) is 17.6 Å². The first kappa shape index (κ1) is 18.1. The van der Waals surface area contributed by atoms with Crippen molar-refractivity contribution in [2.24, 2.45) is 0 Å². The van der Waals surface area contributed by atoms with Crippen LogP contribution in [0.1, 0.15) is 25.0 Å². The molecule has 2 nitrogen and oxygen atoms in total. The summed E-state index contributed by atoms with van der Waals surface area (Å²) in [5.41, 5.74) is 11.3. The molecule has 0 aliphatic heterocycles. The van der Waals surface area contributed by atoms with Crippen molar-refractivity contribution in [2.75, 3.05) is 0 Å². The number of hydrogen-bond donors (Lipinski definition) is 0. The van der Waals surface area contributed by atoms with E-state index in [1.54, 1.807) is 0 Å². The molecule has 0 saturated heterocycles. The molecule has 35 heavy (non-hydrogen) atoms. The maximum absolute atomic E-state index is 6.31. The Morgan fingerprint density at radius 2 is 1.37 bits per heavy atom. The van der Waals surface area contributed by atoms with E-state index in [1.807, 2.05) is 0 Å². The molecule has 9 rings (SSSR count). The van der Waals surface area contributed by atoms with E-state index in [1.165, 1.54) is 71.1 Å². The average molecular weight is 448 g/mol. The number of rotatable bonds is 0. The fourth-order valence-corrected chi connectivity index (χ4v) is 7.04. The standard InChI is InChI=1S/C33H21NO/c1-33(2)22-12-6-3-9-18(22)28-23(33)17-21-29-25(34-24-13-7-4-10-19(24)31(28)32(21)34)15-16-27-30(29)20-11-5-8-14-26(20)35-27/h3-17H,1-2H3. The maximum Gasteiger partial charge on any atom is 0.136 e. The van der Waals surface area contributed by atoms with Gasteiger partial charge in [0.05, 0.1) is 16.6 Å². The first-order valence-electron chi connectivity index (χ1n) is 12.3. The molecule has 164 valence electrons. The monoisotopic (exact) mass is 447 g/mol. The van der Waals surface area contributed by atoms with Crippen molar-refractivity contribution >= 4 is 60.0 Å².